The van der Waals surface area contributed by atoms with Crippen molar-refractivity contribution >= 4 is 29.9 Å². The Labute approximate surface area is 173 Å². The predicted molar refractivity (Wildman–Crippen MR) is 116 cm³/mol. The number of ether oxygens (including phenoxy) is 1. The van der Waals surface area contributed by atoms with E-state index in [0.717, 1.165) is 31.2 Å². The number of guanidine groups is 1. The molecule has 1 heterocycles. The van der Waals surface area contributed by atoms with Gasteiger partial charge in [0.15, 0.2) is 5.96 Å². The lowest BCUT2D eigenvalue weighted by molar-refractivity contribution is -0.0946. The van der Waals surface area contributed by atoms with E-state index in [1.165, 1.54) is 12.1 Å². The fourth-order valence-electron chi connectivity index (χ4n) is 3.09. The van der Waals surface area contributed by atoms with Gasteiger partial charge in [0.2, 0.25) is 0 Å². The van der Waals surface area contributed by atoms with E-state index in [1.54, 1.807) is 19.2 Å². The van der Waals surface area contributed by atoms with Crippen LogP contribution in [0.15, 0.2) is 29.3 Å². The number of aliphatic imine (C=N–C) groups is 1. The summed E-state index contributed by atoms with van der Waals surface area (Å²) in [5.41, 5.74) is 0.999. The van der Waals surface area contributed by atoms with Gasteiger partial charge in [-0.3, -0.25) is 9.89 Å². The molecule has 26 heavy (non-hydrogen) atoms. The highest BCUT2D eigenvalue weighted by Gasteiger charge is 2.33. The highest BCUT2D eigenvalue weighted by molar-refractivity contribution is 14.0. The number of morpholine rings is 1. The van der Waals surface area contributed by atoms with Crippen LogP contribution < -0.4 is 10.6 Å². The maximum Gasteiger partial charge on any atom is 0.191 e. The predicted octanol–water partition coefficient (Wildman–Crippen LogP) is 3.00. The summed E-state index contributed by atoms with van der Waals surface area (Å²) in [5, 5.41) is 6.67. The SMILES string of the molecule is CN=C(NCc1ccc(F)cc1)NCC(C)(C)N1CC(C)OC(C)C1.I. The van der Waals surface area contributed by atoms with Crippen LogP contribution >= 0.6 is 24.0 Å². The van der Waals surface area contributed by atoms with Crippen LogP contribution in [0, 0.1) is 5.82 Å². The third-order valence-electron chi connectivity index (χ3n) is 4.56. The summed E-state index contributed by atoms with van der Waals surface area (Å²) < 4.78 is 18.8. The molecule has 148 valence electrons. The van der Waals surface area contributed by atoms with Gasteiger partial charge in [0.1, 0.15) is 5.82 Å². The molecule has 0 saturated carbocycles. The van der Waals surface area contributed by atoms with Crippen molar-refractivity contribution in [2.45, 2.75) is 52.0 Å². The molecule has 1 aliphatic rings. The smallest absolute Gasteiger partial charge is 0.191 e. The van der Waals surface area contributed by atoms with E-state index in [2.05, 4.69) is 48.2 Å². The Kier molecular flexibility index (Phi) is 9.26. The Hall–Kier alpha value is -0.930. The summed E-state index contributed by atoms with van der Waals surface area (Å²) in [7, 11) is 1.76. The first kappa shape index (κ1) is 23.1. The minimum atomic E-state index is -0.220. The largest absolute Gasteiger partial charge is 0.373 e. The van der Waals surface area contributed by atoms with Crippen LogP contribution in [0.1, 0.15) is 33.3 Å². The molecule has 1 saturated heterocycles. The third kappa shape index (κ3) is 7.00. The number of halogens is 2. The summed E-state index contributed by atoms with van der Waals surface area (Å²) in [6.07, 6.45) is 0.498. The third-order valence-corrected chi connectivity index (χ3v) is 4.56. The Morgan fingerprint density at radius 2 is 1.77 bits per heavy atom. The van der Waals surface area contributed by atoms with Gasteiger partial charge in [0.05, 0.1) is 12.2 Å². The van der Waals surface area contributed by atoms with E-state index in [4.69, 9.17) is 4.74 Å². The molecular formula is C19H32FIN4O. The zero-order chi connectivity index (χ0) is 18.4. The van der Waals surface area contributed by atoms with Gasteiger partial charge in [0.25, 0.3) is 0 Å². The maximum atomic E-state index is 13.0. The lowest BCUT2D eigenvalue weighted by atomic mass is 10.00. The van der Waals surface area contributed by atoms with Crippen LogP contribution in [0.5, 0.6) is 0 Å². The number of nitrogens with zero attached hydrogens (tertiary/aromatic N) is 2. The number of rotatable bonds is 5. The second-order valence-corrected chi connectivity index (χ2v) is 7.38. The first-order valence-corrected chi connectivity index (χ1v) is 8.89. The van der Waals surface area contributed by atoms with Crippen LogP contribution in [0.2, 0.25) is 0 Å². The molecule has 0 aliphatic carbocycles. The van der Waals surface area contributed by atoms with Crippen molar-refractivity contribution in [3.63, 3.8) is 0 Å². The van der Waals surface area contributed by atoms with Crippen LogP contribution in [-0.4, -0.2) is 55.3 Å². The zero-order valence-electron chi connectivity index (χ0n) is 16.4. The van der Waals surface area contributed by atoms with E-state index < -0.39 is 0 Å². The van der Waals surface area contributed by atoms with Gasteiger partial charge < -0.3 is 15.4 Å². The van der Waals surface area contributed by atoms with Crippen molar-refractivity contribution in [3.05, 3.63) is 35.6 Å². The molecule has 2 N–H and O–H groups in total. The fraction of sp³-hybridized carbons (Fsp3) is 0.632. The molecule has 7 heteroatoms. The van der Waals surface area contributed by atoms with Crippen molar-refractivity contribution in [2.24, 2.45) is 4.99 Å². The van der Waals surface area contributed by atoms with Gasteiger partial charge in [-0.25, -0.2) is 4.39 Å². The van der Waals surface area contributed by atoms with E-state index in [1.807, 2.05) is 0 Å². The average molecular weight is 478 g/mol. The topological polar surface area (TPSA) is 48.9 Å². The van der Waals surface area contributed by atoms with Crippen LogP contribution in [0.4, 0.5) is 4.39 Å². The van der Waals surface area contributed by atoms with E-state index in [0.29, 0.717) is 6.54 Å². The standard InChI is InChI=1S/C19H31FN4O.HI/c1-14-11-24(12-15(2)25-14)19(3,4)13-23-18(21-5)22-10-16-6-8-17(20)9-7-16;/h6-9,14-15H,10-13H2,1-5H3,(H2,21,22,23);1H. The van der Waals surface area contributed by atoms with Crippen LogP contribution in [0.25, 0.3) is 0 Å². The Balaban J connectivity index is 0.00000338. The Morgan fingerprint density at radius 3 is 2.31 bits per heavy atom. The summed E-state index contributed by atoms with van der Waals surface area (Å²) in [6.45, 7) is 11.9. The number of hydrogen-bond donors (Lipinski definition) is 2. The molecule has 0 radical (unpaired) electrons. The molecule has 1 fully saturated rings. The normalized spacial score (nSPS) is 21.8. The Bertz CT molecular complexity index is 569. The van der Waals surface area contributed by atoms with Crippen molar-refractivity contribution in [2.75, 3.05) is 26.7 Å². The molecule has 1 aromatic carbocycles. The second kappa shape index (κ2) is 10.4. The minimum absolute atomic E-state index is 0. The van der Waals surface area contributed by atoms with Crippen molar-refractivity contribution in [1.29, 1.82) is 0 Å². The average Bonchev–Trinajstić information content (AvgIpc) is 2.55. The highest BCUT2D eigenvalue weighted by Crippen LogP contribution is 2.20. The lowest BCUT2D eigenvalue weighted by Gasteiger charge is -2.45. The van der Waals surface area contributed by atoms with Crippen LogP contribution in [-0.2, 0) is 11.3 Å². The van der Waals surface area contributed by atoms with E-state index in [9.17, 15) is 4.39 Å². The summed E-state index contributed by atoms with van der Waals surface area (Å²) in [4.78, 5) is 6.74. The van der Waals surface area contributed by atoms with E-state index >= 15 is 0 Å². The van der Waals surface area contributed by atoms with Gasteiger partial charge in [-0.2, -0.15) is 0 Å². The van der Waals surface area contributed by atoms with Crippen molar-refractivity contribution < 1.29 is 9.13 Å². The fourth-order valence-corrected chi connectivity index (χ4v) is 3.09. The van der Waals surface area contributed by atoms with Crippen molar-refractivity contribution in [3.8, 4) is 0 Å². The molecule has 1 aromatic rings. The molecule has 2 rings (SSSR count). The number of benzene rings is 1. The van der Waals surface area contributed by atoms with Crippen LogP contribution in [0.3, 0.4) is 0 Å². The second-order valence-electron chi connectivity index (χ2n) is 7.38. The molecule has 2 atom stereocenters. The van der Waals surface area contributed by atoms with Crippen molar-refractivity contribution in [1.82, 2.24) is 15.5 Å². The van der Waals surface area contributed by atoms with Gasteiger partial charge in [-0.1, -0.05) is 12.1 Å². The molecule has 0 bridgehead atoms. The number of nitrogens with one attached hydrogen (secondary N) is 2. The summed E-state index contributed by atoms with van der Waals surface area (Å²) >= 11 is 0. The first-order valence-electron chi connectivity index (χ1n) is 8.89. The maximum absolute atomic E-state index is 13.0. The molecule has 0 amide bonds. The molecule has 0 spiro atoms. The quantitative estimate of drug-likeness (QED) is 0.388. The minimum Gasteiger partial charge on any atom is -0.373 e. The first-order chi connectivity index (χ1) is 11.8. The lowest BCUT2D eigenvalue weighted by Crippen LogP contribution is -2.59. The number of hydrogen-bond acceptors (Lipinski definition) is 3. The molecular weight excluding hydrogens is 446 g/mol. The molecule has 2 unspecified atom stereocenters. The van der Waals surface area contributed by atoms with Gasteiger partial charge in [-0.15, -0.1) is 24.0 Å². The Morgan fingerprint density at radius 1 is 1.19 bits per heavy atom. The highest BCUT2D eigenvalue weighted by atomic mass is 127. The molecule has 1 aliphatic heterocycles. The summed E-state index contributed by atoms with van der Waals surface area (Å²) in [6, 6.07) is 6.49. The monoisotopic (exact) mass is 478 g/mol. The summed E-state index contributed by atoms with van der Waals surface area (Å²) in [5.74, 6) is 0.522. The molecule has 0 aromatic heterocycles. The van der Waals surface area contributed by atoms with Gasteiger partial charge >= 0.3 is 0 Å². The van der Waals surface area contributed by atoms with E-state index in [-0.39, 0.29) is 47.5 Å². The molecule has 5 nitrogen and oxygen atoms in total. The van der Waals surface area contributed by atoms with Gasteiger partial charge in [0, 0.05) is 38.8 Å². The zero-order valence-corrected chi connectivity index (χ0v) is 18.7. The van der Waals surface area contributed by atoms with Gasteiger partial charge in [-0.05, 0) is 45.4 Å².